The second-order valence-electron chi connectivity index (χ2n) is 11.1. The Morgan fingerprint density at radius 3 is 2.47 bits per heavy atom. The van der Waals surface area contributed by atoms with Crippen LogP contribution in [0.4, 0.5) is 15.0 Å². The molecule has 1 aromatic heterocycles. The summed E-state index contributed by atoms with van der Waals surface area (Å²) in [6.45, 7) is 3.75. The molecule has 14 nitrogen and oxygen atoms in total. The summed E-state index contributed by atoms with van der Waals surface area (Å²) in [5.41, 5.74) is 3.39. The van der Waals surface area contributed by atoms with Gasteiger partial charge in [-0.1, -0.05) is 48.0 Å². The minimum Gasteiger partial charge on any atom is -0.447 e. The molecule has 3 aromatic rings. The quantitative estimate of drug-likeness (QED) is 0.154. The standard InChI is InChI=1S/C32H41ClFN6O8P/c1-23(41)40(36-21-26-9-6-10-28(34)31(26)33)27(22-47-32(43)37-29-19-24-7-4-5-8-25(24)20-35-29)11-12-30(42)39-15-13-38(14-16-39)17-18-48-49(44,45-2)46-3/h4-10,19-20,27,36H,11-18,21-22H2,1-3H3,(H,35,37,43)/t27-/m0/s1. The summed E-state index contributed by atoms with van der Waals surface area (Å²) < 4.78 is 46.5. The molecule has 1 aliphatic rings. The molecule has 4 rings (SSSR count). The van der Waals surface area contributed by atoms with E-state index < -0.39 is 31.7 Å². The number of phosphoric ester groups is 1. The van der Waals surface area contributed by atoms with Crippen molar-refractivity contribution in [3.8, 4) is 0 Å². The average molecular weight is 723 g/mol. The van der Waals surface area contributed by atoms with Gasteiger partial charge in [0.2, 0.25) is 11.8 Å². The van der Waals surface area contributed by atoms with Gasteiger partial charge in [0.25, 0.3) is 0 Å². The summed E-state index contributed by atoms with van der Waals surface area (Å²) in [4.78, 5) is 47.0. The van der Waals surface area contributed by atoms with Gasteiger partial charge in [-0.2, -0.15) is 0 Å². The number of halogens is 2. The summed E-state index contributed by atoms with van der Waals surface area (Å²) in [5, 5.41) is 5.58. The largest absolute Gasteiger partial charge is 0.474 e. The van der Waals surface area contributed by atoms with Crippen LogP contribution in [0.15, 0.2) is 54.7 Å². The zero-order valence-corrected chi connectivity index (χ0v) is 29.3. The van der Waals surface area contributed by atoms with Gasteiger partial charge in [0.1, 0.15) is 18.2 Å². The Morgan fingerprint density at radius 1 is 1.06 bits per heavy atom. The molecule has 0 bridgehead atoms. The van der Waals surface area contributed by atoms with Gasteiger partial charge in [0.05, 0.1) is 17.7 Å². The van der Waals surface area contributed by atoms with Gasteiger partial charge in [-0.05, 0) is 29.5 Å². The van der Waals surface area contributed by atoms with Crippen molar-refractivity contribution in [1.29, 1.82) is 0 Å². The fourth-order valence-corrected chi connectivity index (χ4v) is 6.09. The first-order chi connectivity index (χ1) is 23.5. The third-order valence-corrected chi connectivity index (χ3v) is 9.78. The first-order valence-corrected chi connectivity index (χ1v) is 17.5. The Hall–Kier alpha value is -3.69. The lowest BCUT2D eigenvalue weighted by Crippen LogP contribution is -2.52. The van der Waals surface area contributed by atoms with Gasteiger partial charge < -0.3 is 9.64 Å². The summed E-state index contributed by atoms with van der Waals surface area (Å²) in [6.07, 6.45) is 1.05. The molecule has 17 heteroatoms. The number of anilines is 1. The predicted molar refractivity (Wildman–Crippen MR) is 181 cm³/mol. The fourth-order valence-electron chi connectivity index (χ4n) is 5.24. The molecule has 1 atom stereocenters. The van der Waals surface area contributed by atoms with Crippen LogP contribution in [0.1, 0.15) is 25.3 Å². The van der Waals surface area contributed by atoms with E-state index in [0.29, 0.717) is 38.3 Å². The number of hydrazine groups is 1. The molecule has 0 saturated carbocycles. The fraction of sp³-hybridized carbons (Fsp3) is 0.438. The molecule has 2 aromatic carbocycles. The van der Waals surface area contributed by atoms with Crippen LogP contribution in [0.5, 0.6) is 0 Å². The number of pyridine rings is 1. The van der Waals surface area contributed by atoms with Gasteiger partial charge in [-0.3, -0.25) is 38.4 Å². The average Bonchev–Trinajstić information content (AvgIpc) is 3.10. The number of hydrogen-bond acceptors (Lipinski definition) is 11. The highest BCUT2D eigenvalue weighted by atomic mass is 35.5. The second-order valence-corrected chi connectivity index (χ2v) is 13.4. The Balaban J connectivity index is 1.36. The number of piperazine rings is 1. The highest BCUT2D eigenvalue weighted by molar-refractivity contribution is 7.48. The molecule has 1 aliphatic heterocycles. The SMILES string of the molecule is COP(=O)(OC)OCCN1CCN(C(=O)CC[C@@H](COC(=O)Nc2cc3ccccc3cn2)N(NCc2cccc(F)c2Cl)C(C)=O)CC1. The molecule has 3 amide bonds. The molecule has 266 valence electrons. The Morgan fingerprint density at radius 2 is 1.78 bits per heavy atom. The highest BCUT2D eigenvalue weighted by Crippen LogP contribution is 2.47. The molecule has 49 heavy (non-hydrogen) atoms. The maximum Gasteiger partial charge on any atom is 0.474 e. The maximum atomic E-state index is 14.1. The van der Waals surface area contributed by atoms with E-state index in [1.54, 1.807) is 23.2 Å². The topological polar surface area (TPSA) is 152 Å². The van der Waals surface area contributed by atoms with E-state index in [2.05, 4.69) is 20.6 Å². The number of fused-ring (bicyclic) bond motifs is 1. The van der Waals surface area contributed by atoms with Crippen molar-refractivity contribution in [2.24, 2.45) is 0 Å². The highest BCUT2D eigenvalue weighted by Gasteiger charge is 2.28. The Kier molecular flexibility index (Phi) is 14.3. The zero-order valence-electron chi connectivity index (χ0n) is 27.6. The number of carbonyl (C=O) groups is 3. The van der Waals surface area contributed by atoms with Crippen LogP contribution in [0, 0.1) is 5.82 Å². The molecule has 0 spiro atoms. The van der Waals surface area contributed by atoms with Crippen molar-refractivity contribution < 1.29 is 41.6 Å². The smallest absolute Gasteiger partial charge is 0.447 e. The molecule has 0 aliphatic carbocycles. The van der Waals surface area contributed by atoms with Crippen LogP contribution in [0.25, 0.3) is 10.8 Å². The van der Waals surface area contributed by atoms with Crippen molar-refractivity contribution in [3.63, 3.8) is 0 Å². The summed E-state index contributed by atoms with van der Waals surface area (Å²) in [6, 6.07) is 12.9. The van der Waals surface area contributed by atoms with Gasteiger partial charge >= 0.3 is 13.9 Å². The Labute approximate surface area is 289 Å². The number of phosphoric acid groups is 1. The van der Waals surface area contributed by atoms with Crippen LogP contribution < -0.4 is 10.7 Å². The lowest BCUT2D eigenvalue weighted by molar-refractivity contribution is -0.139. The van der Waals surface area contributed by atoms with E-state index in [-0.39, 0.29) is 49.3 Å². The molecule has 2 N–H and O–H groups in total. The predicted octanol–water partition coefficient (Wildman–Crippen LogP) is 4.84. The van der Waals surface area contributed by atoms with Gasteiger partial charge in [0, 0.05) is 78.4 Å². The van der Waals surface area contributed by atoms with Gasteiger partial charge in [-0.15, -0.1) is 0 Å². The number of rotatable bonds is 16. The van der Waals surface area contributed by atoms with Crippen molar-refractivity contribution in [1.82, 2.24) is 25.2 Å². The summed E-state index contributed by atoms with van der Waals surface area (Å²) in [7, 11) is -1.07. The van der Waals surface area contributed by atoms with Crippen LogP contribution in [-0.2, 0) is 39.0 Å². The molecule has 1 saturated heterocycles. The number of hydrogen-bond donors (Lipinski definition) is 2. The van der Waals surface area contributed by atoms with E-state index in [9.17, 15) is 23.3 Å². The van der Waals surface area contributed by atoms with E-state index in [0.717, 1.165) is 10.8 Å². The maximum absolute atomic E-state index is 14.1. The molecule has 0 unspecified atom stereocenters. The van der Waals surface area contributed by atoms with E-state index in [1.165, 1.54) is 38.3 Å². The molecule has 1 fully saturated rings. The van der Waals surface area contributed by atoms with Crippen molar-refractivity contribution in [2.45, 2.75) is 32.4 Å². The third kappa shape index (κ3) is 11.2. The van der Waals surface area contributed by atoms with Crippen molar-refractivity contribution in [2.75, 3.05) is 65.5 Å². The number of nitrogens with one attached hydrogen (secondary N) is 2. The van der Waals surface area contributed by atoms with Crippen molar-refractivity contribution in [3.05, 3.63) is 71.1 Å². The molecule has 2 heterocycles. The number of ether oxygens (including phenoxy) is 1. The minimum absolute atomic E-state index is 0.00369. The first-order valence-electron chi connectivity index (χ1n) is 15.6. The molecular formula is C32H41ClFN6O8P. The van der Waals surface area contributed by atoms with Gasteiger partial charge in [0.15, 0.2) is 0 Å². The lowest BCUT2D eigenvalue weighted by atomic mass is 10.1. The number of amides is 3. The second kappa shape index (κ2) is 18.3. The number of benzene rings is 2. The van der Waals surface area contributed by atoms with Crippen molar-refractivity contribution >= 4 is 53.9 Å². The molecule has 0 radical (unpaired) electrons. The van der Waals surface area contributed by atoms with Gasteiger partial charge in [-0.25, -0.2) is 24.2 Å². The lowest BCUT2D eigenvalue weighted by Gasteiger charge is -2.35. The van der Waals surface area contributed by atoms with E-state index >= 15 is 0 Å². The van der Waals surface area contributed by atoms with Crippen LogP contribution in [0.2, 0.25) is 5.02 Å². The van der Waals surface area contributed by atoms with E-state index in [4.69, 9.17) is 29.9 Å². The zero-order chi connectivity index (χ0) is 35.4. The number of aromatic nitrogens is 1. The Bertz CT molecular complexity index is 1640. The van der Waals surface area contributed by atoms with Crippen LogP contribution in [0.3, 0.4) is 0 Å². The molecular weight excluding hydrogens is 682 g/mol. The van der Waals surface area contributed by atoms with Crippen LogP contribution in [-0.4, -0.2) is 104 Å². The van der Waals surface area contributed by atoms with Crippen LogP contribution >= 0.6 is 19.4 Å². The summed E-state index contributed by atoms with van der Waals surface area (Å²) >= 11 is 6.13. The monoisotopic (exact) mass is 722 g/mol. The minimum atomic E-state index is -3.56. The number of nitrogens with zero attached hydrogens (tertiary/aromatic N) is 4. The third-order valence-electron chi connectivity index (χ3n) is 7.96. The summed E-state index contributed by atoms with van der Waals surface area (Å²) in [5.74, 6) is -0.856. The normalized spacial score (nSPS) is 14.4. The number of carbonyl (C=O) groups excluding carboxylic acids is 3. The van der Waals surface area contributed by atoms with E-state index in [1.807, 2.05) is 24.3 Å². The first kappa shape index (κ1) is 38.1.